The summed E-state index contributed by atoms with van der Waals surface area (Å²) < 4.78 is 5.19. The van der Waals surface area contributed by atoms with Gasteiger partial charge in [-0.25, -0.2) is 0 Å². The van der Waals surface area contributed by atoms with Crippen LogP contribution in [0.1, 0.15) is 99.8 Å². The van der Waals surface area contributed by atoms with E-state index in [1.807, 2.05) is 0 Å². The summed E-state index contributed by atoms with van der Waals surface area (Å²) in [6, 6.07) is 0. The van der Waals surface area contributed by atoms with Crippen LogP contribution in [0.4, 0.5) is 0 Å². The van der Waals surface area contributed by atoms with Crippen LogP contribution in [0.5, 0.6) is 0 Å². The van der Waals surface area contributed by atoms with E-state index in [0.717, 1.165) is 19.3 Å². The van der Waals surface area contributed by atoms with Crippen molar-refractivity contribution in [2.24, 2.45) is 56.7 Å². The van der Waals surface area contributed by atoms with Crippen molar-refractivity contribution in [3.05, 3.63) is 11.6 Å². The van der Waals surface area contributed by atoms with Gasteiger partial charge in [0, 0.05) is 12.3 Å². The minimum Gasteiger partial charge on any atom is -0.468 e. The molecule has 0 radical (unpaired) electrons. The topological polar surface area (TPSA) is 60.4 Å². The van der Waals surface area contributed by atoms with E-state index in [4.69, 9.17) is 4.74 Å². The molecular weight excluding hydrogens is 436 g/mol. The highest BCUT2D eigenvalue weighted by atomic mass is 16.5. The predicted octanol–water partition coefficient (Wildman–Crippen LogP) is 6.57. The molecule has 4 nitrogen and oxygen atoms in total. The van der Waals surface area contributed by atoms with Gasteiger partial charge in [-0.1, -0.05) is 47.1 Å². The molecule has 35 heavy (non-hydrogen) atoms. The van der Waals surface area contributed by atoms with E-state index in [-0.39, 0.29) is 39.6 Å². The fourth-order valence-corrected chi connectivity index (χ4v) is 10.7. The molecule has 5 aliphatic rings. The Hall–Kier alpha value is -1.45. The number of hydrogen-bond acceptors (Lipinski definition) is 4. The second kappa shape index (κ2) is 7.54. The van der Waals surface area contributed by atoms with Crippen LogP contribution < -0.4 is 0 Å². The molecule has 0 spiro atoms. The van der Waals surface area contributed by atoms with Gasteiger partial charge in [0.05, 0.1) is 7.11 Å². The highest BCUT2D eigenvalue weighted by Gasteiger charge is 2.72. The smallest absolute Gasteiger partial charge is 0.319 e. The van der Waals surface area contributed by atoms with Gasteiger partial charge in [-0.05, 0) is 103 Å². The molecule has 0 heterocycles. The lowest BCUT2D eigenvalue weighted by molar-refractivity contribution is -0.198. The summed E-state index contributed by atoms with van der Waals surface area (Å²) in [5, 5.41) is 0. The van der Waals surface area contributed by atoms with Crippen molar-refractivity contribution < 1.29 is 19.1 Å². The van der Waals surface area contributed by atoms with Crippen LogP contribution in [0.3, 0.4) is 0 Å². The molecule has 4 heteroatoms. The minimum atomic E-state index is -1.16. The molecule has 0 aliphatic heterocycles. The number of hydrogen-bond donors (Lipinski definition) is 0. The highest BCUT2D eigenvalue weighted by molar-refractivity contribution is 6.05. The fourth-order valence-electron chi connectivity index (χ4n) is 10.7. The minimum absolute atomic E-state index is 0.0143. The Balaban J connectivity index is 1.65. The molecule has 10 atom stereocenters. The van der Waals surface area contributed by atoms with Crippen molar-refractivity contribution >= 4 is 17.5 Å². The third-order valence-electron chi connectivity index (χ3n) is 13.2. The number of allylic oxidation sites excluding steroid dienone is 2. The number of carbonyl (C=O) groups is 3. The quantitative estimate of drug-likeness (QED) is 0.313. The number of carbonyl (C=O) groups excluding carboxylic acids is 3. The summed E-state index contributed by atoms with van der Waals surface area (Å²) in [4.78, 5) is 40.5. The average Bonchev–Trinajstić information content (AvgIpc) is 2.80. The molecule has 194 valence electrons. The average molecular weight is 483 g/mol. The molecule has 5 aliphatic carbocycles. The largest absolute Gasteiger partial charge is 0.468 e. The summed E-state index contributed by atoms with van der Waals surface area (Å²) >= 11 is 0. The van der Waals surface area contributed by atoms with Gasteiger partial charge in [0.15, 0.2) is 5.78 Å². The normalized spacial score (nSPS) is 53.5. The molecule has 0 N–H and O–H groups in total. The maximum Gasteiger partial charge on any atom is 0.319 e. The standard InChI is InChI=1S/C31H46O4/c1-18-9-12-27(3)15-16-29(5)20(24(27)19(18)2)17-21(32)25-28(4)13-11-23(33)31(7,26(34)35-8)22(28)10-14-30(25,29)6/h17-19,22,24-25H,9-16H2,1-8H3/t18-,19+,22-,24+,25-,27-,28+,29-,30-,31-/m1/s1. The van der Waals surface area contributed by atoms with E-state index in [9.17, 15) is 14.4 Å². The summed E-state index contributed by atoms with van der Waals surface area (Å²) in [5.41, 5.74) is -0.0387. The van der Waals surface area contributed by atoms with Crippen LogP contribution in [0.15, 0.2) is 11.6 Å². The molecule has 0 bridgehead atoms. The van der Waals surface area contributed by atoms with Gasteiger partial charge in [0.25, 0.3) is 0 Å². The van der Waals surface area contributed by atoms with Gasteiger partial charge in [0.1, 0.15) is 11.2 Å². The van der Waals surface area contributed by atoms with Crippen molar-refractivity contribution in [3.63, 3.8) is 0 Å². The third-order valence-corrected chi connectivity index (χ3v) is 13.2. The molecule has 4 saturated carbocycles. The van der Waals surface area contributed by atoms with Crippen LogP contribution in [0, 0.1) is 56.7 Å². The van der Waals surface area contributed by atoms with Gasteiger partial charge >= 0.3 is 5.97 Å². The van der Waals surface area contributed by atoms with Gasteiger partial charge in [0.2, 0.25) is 0 Å². The van der Waals surface area contributed by atoms with Crippen molar-refractivity contribution in [2.45, 2.75) is 99.8 Å². The van der Waals surface area contributed by atoms with Crippen molar-refractivity contribution in [3.8, 4) is 0 Å². The zero-order chi connectivity index (χ0) is 25.8. The molecule has 4 fully saturated rings. The lowest BCUT2D eigenvalue weighted by atomic mass is 9.33. The van der Waals surface area contributed by atoms with E-state index >= 15 is 0 Å². The van der Waals surface area contributed by atoms with E-state index in [1.54, 1.807) is 6.92 Å². The molecule has 0 aromatic carbocycles. The Morgan fingerprint density at radius 3 is 2.29 bits per heavy atom. The summed E-state index contributed by atoms with van der Waals surface area (Å²) in [5.74, 6) is 1.21. The Morgan fingerprint density at radius 1 is 0.943 bits per heavy atom. The Bertz CT molecular complexity index is 1000. The first-order valence-electron chi connectivity index (χ1n) is 14.1. The van der Waals surface area contributed by atoms with Crippen LogP contribution in [0.2, 0.25) is 0 Å². The second-order valence-corrected chi connectivity index (χ2v) is 14.4. The van der Waals surface area contributed by atoms with Crippen LogP contribution in [-0.2, 0) is 19.1 Å². The number of esters is 1. The monoisotopic (exact) mass is 482 g/mol. The zero-order valence-corrected chi connectivity index (χ0v) is 23.3. The predicted molar refractivity (Wildman–Crippen MR) is 136 cm³/mol. The maximum absolute atomic E-state index is 14.3. The van der Waals surface area contributed by atoms with E-state index in [2.05, 4.69) is 47.6 Å². The van der Waals surface area contributed by atoms with Crippen LogP contribution >= 0.6 is 0 Å². The Labute approximate surface area is 212 Å². The molecule has 0 saturated heterocycles. The van der Waals surface area contributed by atoms with E-state index < -0.39 is 16.8 Å². The Morgan fingerprint density at radius 2 is 1.63 bits per heavy atom. The number of Topliss-reactive ketones (excluding diaryl/α,β-unsaturated/α-hetero) is 1. The molecule has 0 unspecified atom stereocenters. The van der Waals surface area contributed by atoms with Gasteiger partial charge in [-0.3, -0.25) is 14.4 Å². The lowest BCUT2D eigenvalue weighted by Crippen LogP contribution is -2.67. The number of ether oxygens (including phenoxy) is 1. The van der Waals surface area contributed by atoms with E-state index in [0.29, 0.717) is 30.6 Å². The van der Waals surface area contributed by atoms with Crippen molar-refractivity contribution in [2.75, 3.05) is 7.11 Å². The van der Waals surface area contributed by atoms with Gasteiger partial charge in [-0.2, -0.15) is 0 Å². The summed E-state index contributed by atoms with van der Waals surface area (Å²) in [7, 11) is 1.38. The van der Waals surface area contributed by atoms with Crippen molar-refractivity contribution in [1.82, 2.24) is 0 Å². The summed E-state index contributed by atoms with van der Waals surface area (Å²) in [6.45, 7) is 16.1. The number of ketones is 2. The van der Waals surface area contributed by atoms with Gasteiger partial charge < -0.3 is 4.74 Å². The number of methoxy groups -OCH3 is 1. The molecule has 5 rings (SSSR count). The Kier molecular flexibility index (Phi) is 5.43. The molecule has 0 aromatic heterocycles. The lowest BCUT2D eigenvalue weighted by Gasteiger charge is -2.70. The molecule has 0 aromatic rings. The fraction of sp³-hybridized carbons (Fsp3) is 0.839. The SMILES string of the molecule is COC(=O)[C@@]1(C)C(=O)CC[C@]2(C)[C@H]3C(=O)C=C4[C@@H]5[C@@H](C)[C@H](C)CC[C@]5(C)CC[C@@]4(C)[C@]3(C)CC[C@@H]12. The van der Waals surface area contributed by atoms with Crippen LogP contribution in [0.25, 0.3) is 0 Å². The van der Waals surface area contributed by atoms with Gasteiger partial charge in [-0.15, -0.1) is 0 Å². The number of fused-ring (bicyclic) bond motifs is 7. The number of rotatable bonds is 1. The first-order chi connectivity index (χ1) is 16.2. The molecular formula is C31H46O4. The second-order valence-electron chi connectivity index (χ2n) is 14.4. The van der Waals surface area contributed by atoms with Crippen molar-refractivity contribution in [1.29, 1.82) is 0 Å². The zero-order valence-electron chi connectivity index (χ0n) is 23.3. The summed E-state index contributed by atoms with van der Waals surface area (Å²) in [6.07, 6.45) is 9.68. The molecule has 0 amide bonds. The highest BCUT2D eigenvalue weighted by Crippen LogP contribution is 2.74. The van der Waals surface area contributed by atoms with E-state index in [1.165, 1.54) is 31.9 Å². The third kappa shape index (κ3) is 2.89. The first kappa shape index (κ1) is 25.2. The maximum atomic E-state index is 14.3. The van der Waals surface area contributed by atoms with Crippen LogP contribution in [-0.4, -0.2) is 24.6 Å². The first-order valence-corrected chi connectivity index (χ1v) is 14.1.